The first-order valence-corrected chi connectivity index (χ1v) is 9.09. The number of hydrogen-bond acceptors (Lipinski definition) is 4. The van der Waals surface area contributed by atoms with Gasteiger partial charge in [-0.3, -0.25) is 4.99 Å². The van der Waals surface area contributed by atoms with Gasteiger partial charge in [0.2, 0.25) is 0 Å². The van der Waals surface area contributed by atoms with Crippen molar-refractivity contribution in [2.75, 3.05) is 26.3 Å². The van der Waals surface area contributed by atoms with Crippen LogP contribution < -0.4 is 10.6 Å². The maximum atomic E-state index is 5.64. The molecule has 1 aromatic heterocycles. The largest absolute Gasteiger partial charge is 0.469 e. The second kappa shape index (κ2) is 8.53. The molecule has 2 aliphatic rings. The van der Waals surface area contributed by atoms with Crippen LogP contribution in [0.4, 0.5) is 0 Å². The molecule has 6 nitrogen and oxygen atoms in total. The van der Waals surface area contributed by atoms with Crippen LogP contribution in [0.25, 0.3) is 0 Å². The Kier molecular flexibility index (Phi) is 6.15. The third kappa shape index (κ3) is 5.24. The van der Waals surface area contributed by atoms with E-state index in [4.69, 9.17) is 18.9 Å². The third-order valence-corrected chi connectivity index (χ3v) is 4.67. The number of aliphatic imine (C=N–C) groups is 1. The van der Waals surface area contributed by atoms with Crippen molar-refractivity contribution in [2.45, 2.75) is 57.3 Å². The van der Waals surface area contributed by atoms with E-state index in [1.807, 2.05) is 19.1 Å². The van der Waals surface area contributed by atoms with Gasteiger partial charge in [0.05, 0.1) is 19.5 Å². The molecule has 0 amide bonds. The predicted octanol–water partition coefficient (Wildman–Crippen LogP) is 2.45. The van der Waals surface area contributed by atoms with Gasteiger partial charge in [-0.05, 0) is 31.9 Å². The lowest BCUT2D eigenvalue weighted by molar-refractivity contribution is -0.144. The summed E-state index contributed by atoms with van der Waals surface area (Å²) in [6.45, 7) is 4.82. The zero-order valence-corrected chi connectivity index (χ0v) is 14.6. The summed E-state index contributed by atoms with van der Waals surface area (Å²) < 4.78 is 16.7. The zero-order valence-electron chi connectivity index (χ0n) is 14.6. The molecule has 2 fully saturated rings. The molecular formula is C18H29N3O3. The van der Waals surface area contributed by atoms with Crippen molar-refractivity contribution in [3.05, 3.63) is 24.2 Å². The van der Waals surface area contributed by atoms with Gasteiger partial charge in [-0.1, -0.05) is 12.8 Å². The smallest absolute Gasteiger partial charge is 0.191 e. The average molecular weight is 335 g/mol. The number of nitrogens with zero attached hydrogens (tertiary/aromatic N) is 1. The molecule has 1 aliphatic heterocycles. The quantitative estimate of drug-likeness (QED) is 0.592. The number of ether oxygens (including phenoxy) is 2. The Balaban J connectivity index is 1.48. The van der Waals surface area contributed by atoms with Crippen molar-refractivity contribution in [1.29, 1.82) is 0 Å². The second-order valence-corrected chi connectivity index (χ2v) is 6.69. The van der Waals surface area contributed by atoms with Crippen LogP contribution in [0.5, 0.6) is 0 Å². The van der Waals surface area contributed by atoms with Gasteiger partial charge in [-0.25, -0.2) is 0 Å². The van der Waals surface area contributed by atoms with Crippen molar-refractivity contribution in [3.63, 3.8) is 0 Å². The molecule has 0 bridgehead atoms. The van der Waals surface area contributed by atoms with Gasteiger partial charge in [0.25, 0.3) is 0 Å². The lowest BCUT2D eigenvalue weighted by atomic mass is 10.2. The first-order valence-electron chi connectivity index (χ1n) is 9.09. The third-order valence-electron chi connectivity index (χ3n) is 4.67. The molecule has 1 aromatic rings. The summed E-state index contributed by atoms with van der Waals surface area (Å²) in [7, 11) is 0. The molecule has 134 valence electrons. The van der Waals surface area contributed by atoms with Crippen molar-refractivity contribution in [2.24, 2.45) is 4.99 Å². The summed E-state index contributed by atoms with van der Waals surface area (Å²) in [5.74, 6) is 1.40. The van der Waals surface area contributed by atoms with E-state index < -0.39 is 5.79 Å². The van der Waals surface area contributed by atoms with Gasteiger partial charge in [0.1, 0.15) is 5.76 Å². The van der Waals surface area contributed by atoms with Gasteiger partial charge >= 0.3 is 0 Å². The van der Waals surface area contributed by atoms with Gasteiger partial charge < -0.3 is 24.5 Å². The molecule has 24 heavy (non-hydrogen) atoms. The standard InChI is InChI=1S/C18H29N3O3/c1-18(23-13-14-24-18)9-11-20-17(21-15-5-2-3-6-15)19-10-8-16-7-4-12-22-16/h4,7,12,15H,2-3,5-6,8-11,13-14H2,1H3,(H2,19,20,21). The molecule has 2 heterocycles. The van der Waals surface area contributed by atoms with Crippen LogP contribution >= 0.6 is 0 Å². The van der Waals surface area contributed by atoms with Crippen LogP contribution in [0.1, 0.15) is 44.8 Å². The SMILES string of the molecule is CC1(CCN=C(NCCc2ccco2)NC2CCCC2)OCCO1. The lowest BCUT2D eigenvalue weighted by Crippen LogP contribution is -2.43. The van der Waals surface area contributed by atoms with E-state index in [-0.39, 0.29) is 0 Å². The van der Waals surface area contributed by atoms with E-state index in [1.165, 1.54) is 25.7 Å². The highest BCUT2D eigenvalue weighted by Crippen LogP contribution is 2.22. The maximum absolute atomic E-state index is 5.64. The Morgan fingerprint density at radius 2 is 2.08 bits per heavy atom. The Morgan fingerprint density at radius 1 is 1.29 bits per heavy atom. The molecule has 0 aromatic carbocycles. The van der Waals surface area contributed by atoms with Crippen molar-refractivity contribution >= 4 is 5.96 Å². The number of rotatable bonds is 7. The maximum Gasteiger partial charge on any atom is 0.191 e. The van der Waals surface area contributed by atoms with Crippen LogP contribution in [0.15, 0.2) is 27.8 Å². The molecule has 1 saturated carbocycles. The molecule has 0 radical (unpaired) electrons. The van der Waals surface area contributed by atoms with Gasteiger partial charge in [-0.15, -0.1) is 0 Å². The molecule has 0 spiro atoms. The molecule has 0 unspecified atom stereocenters. The van der Waals surface area contributed by atoms with Crippen molar-refractivity contribution < 1.29 is 13.9 Å². The normalized spacial score (nSPS) is 21.3. The summed E-state index contributed by atoms with van der Waals surface area (Å²) in [6, 6.07) is 4.46. The summed E-state index contributed by atoms with van der Waals surface area (Å²) in [6.07, 6.45) is 8.38. The van der Waals surface area contributed by atoms with E-state index in [0.29, 0.717) is 25.8 Å². The minimum atomic E-state index is -0.476. The highest BCUT2D eigenvalue weighted by molar-refractivity contribution is 5.80. The van der Waals surface area contributed by atoms with Crippen LogP contribution in [0, 0.1) is 0 Å². The van der Waals surface area contributed by atoms with E-state index >= 15 is 0 Å². The van der Waals surface area contributed by atoms with Gasteiger partial charge in [-0.2, -0.15) is 0 Å². The number of guanidine groups is 1. The fraction of sp³-hybridized carbons (Fsp3) is 0.722. The fourth-order valence-electron chi connectivity index (χ4n) is 3.25. The lowest BCUT2D eigenvalue weighted by Gasteiger charge is -2.22. The molecule has 1 saturated heterocycles. The highest BCUT2D eigenvalue weighted by atomic mass is 16.7. The Bertz CT molecular complexity index is 504. The number of furan rings is 1. The molecule has 3 rings (SSSR count). The Hall–Kier alpha value is -1.53. The summed E-state index contributed by atoms with van der Waals surface area (Å²) in [4.78, 5) is 4.72. The van der Waals surface area contributed by atoms with E-state index in [0.717, 1.165) is 31.1 Å². The summed E-state index contributed by atoms with van der Waals surface area (Å²) >= 11 is 0. The Morgan fingerprint density at radius 3 is 2.79 bits per heavy atom. The molecule has 6 heteroatoms. The van der Waals surface area contributed by atoms with Crippen LogP contribution in [-0.4, -0.2) is 44.1 Å². The Labute approximate surface area is 144 Å². The molecule has 2 N–H and O–H groups in total. The zero-order chi connectivity index (χ0) is 16.7. The minimum Gasteiger partial charge on any atom is -0.469 e. The second-order valence-electron chi connectivity index (χ2n) is 6.69. The summed E-state index contributed by atoms with van der Waals surface area (Å²) in [5, 5.41) is 6.98. The first-order chi connectivity index (χ1) is 11.7. The monoisotopic (exact) mass is 335 g/mol. The number of nitrogens with one attached hydrogen (secondary N) is 2. The van der Waals surface area contributed by atoms with Crippen LogP contribution in [0.2, 0.25) is 0 Å². The van der Waals surface area contributed by atoms with E-state index in [1.54, 1.807) is 6.26 Å². The van der Waals surface area contributed by atoms with Crippen LogP contribution in [-0.2, 0) is 15.9 Å². The minimum absolute atomic E-state index is 0.476. The van der Waals surface area contributed by atoms with Gasteiger partial charge in [0, 0.05) is 32.0 Å². The van der Waals surface area contributed by atoms with Crippen molar-refractivity contribution in [3.8, 4) is 0 Å². The fourth-order valence-corrected chi connectivity index (χ4v) is 3.25. The highest BCUT2D eigenvalue weighted by Gasteiger charge is 2.30. The first kappa shape index (κ1) is 17.3. The molecular weight excluding hydrogens is 306 g/mol. The van der Waals surface area contributed by atoms with E-state index in [2.05, 4.69) is 10.6 Å². The molecule has 0 atom stereocenters. The van der Waals surface area contributed by atoms with Gasteiger partial charge in [0.15, 0.2) is 11.7 Å². The number of hydrogen-bond donors (Lipinski definition) is 2. The average Bonchev–Trinajstić information content (AvgIpc) is 3.30. The summed E-state index contributed by atoms with van der Waals surface area (Å²) in [5.41, 5.74) is 0. The predicted molar refractivity (Wildman–Crippen MR) is 93.0 cm³/mol. The molecule has 1 aliphatic carbocycles. The topological polar surface area (TPSA) is 68.0 Å². The van der Waals surface area contributed by atoms with E-state index in [9.17, 15) is 0 Å². The van der Waals surface area contributed by atoms with Crippen molar-refractivity contribution in [1.82, 2.24) is 10.6 Å². The van der Waals surface area contributed by atoms with Crippen LogP contribution in [0.3, 0.4) is 0 Å².